The monoisotopic (exact) mass is 394 g/mol. The molecule has 0 atom stereocenters. The number of rotatable bonds is 14. The Morgan fingerprint density at radius 1 is 0.760 bits per heavy atom. The molecule has 0 amide bonds. The highest BCUT2D eigenvalue weighted by Crippen LogP contribution is 2.15. The van der Waals surface area contributed by atoms with Gasteiger partial charge >= 0.3 is 20.8 Å². The summed E-state index contributed by atoms with van der Waals surface area (Å²) in [4.78, 5) is 0. The van der Waals surface area contributed by atoms with Crippen molar-refractivity contribution in [1.29, 1.82) is 0 Å². The lowest BCUT2D eigenvalue weighted by molar-refractivity contribution is 0.259. The first kappa shape index (κ1) is 21.9. The Bertz CT molecular complexity index is 670. The van der Waals surface area contributed by atoms with Crippen molar-refractivity contribution in [2.75, 3.05) is 6.61 Å². The maximum absolute atomic E-state index is 11.6. The molecule has 0 saturated heterocycles. The van der Waals surface area contributed by atoms with Gasteiger partial charge in [-0.2, -0.15) is 16.8 Å². The lowest BCUT2D eigenvalue weighted by atomic mass is 10.1. The summed E-state index contributed by atoms with van der Waals surface area (Å²) in [5.74, 6) is -0.0548. The third kappa shape index (κ3) is 11.1. The molecule has 0 fully saturated rings. The molecule has 1 aromatic rings. The van der Waals surface area contributed by atoms with Gasteiger partial charge in [0.1, 0.15) is 5.75 Å². The zero-order valence-corrected chi connectivity index (χ0v) is 16.1. The summed E-state index contributed by atoms with van der Waals surface area (Å²) in [5.41, 5.74) is 0. The molecule has 0 radical (unpaired) electrons. The molecule has 0 unspecified atom stereocenters. The van der Waals surface area contributed by atoms with Crippen molar-refractivity contribution < 1.29 is 28.8 Å². The average Bonchev–Trinajstić information content (AvgIpc) is 2.52. The molecule has 25 heavy (non-hydrogen) atoms. The van der Waals surface area contributed by atoms with Crippen LogP contribution in [0.3, 0.4) is 0 Å². The lowest BCUT2D eigenvalue weighted by Gasteiger charge is -2.07. The summed E-state index contributed by atoms with van der Waals surface area (Å²) in [7, 11) is -9.44. The highest BCUT2D eigenvalue weighted by atomic mass is 32.3. The molecule has 1 aromatic carbocycles. The molecular formula is C16H26O7S2. The molecule has 0 bridgehead atoms. The first-order valence-corrected chi connectivity index (χ1v) is 11.1. The van der Waals surface area contributed by atoms with Crippen LogP contribution < -0.4 is 4.18 Å². The number of unbranched alkanes of at least 4 members (excludes halogenated alkanes) is 7. The Hall–Kier alpha value is -1.16. The highest BCUT2D eigenvalue weighted by Gasteiger charge is 2.25. The van der Waals surface area contributed by atoms with E-state index >= 15 is 0 Å². The van der Waals surface area contributed by atoms with Crippen LogP contribution >= 0.6 is 0 Å². The number of para-hydroxylation sites is 1. The molecule has 0 spiro atoms. The molecule has 144 valence electrons. The zero-order valence-electron chi connectivity index (χ0n) is 14.4. The van der Waals surface area contributed by atoms with Crippen molar-refractivity contribution in [1.82, 2.24) is 0 Å². The van der Waals surface area contributed by atoms with E-state index in [4.69, 9.17) is 0 Å². The highest BCUT2D eigenvalue weighted by molar-refractivity contribution is 7.95. The van der Waals surface area contributed by atoms with E-state index < -0.39 is 20.8 Å². The van der Waals surface area contributed by atoms with Crippen molar-refractivity contribution in [3.63, 3.8) is 0 Å². The van der Waals surface area contributed by atoms with Crippen molar-refractivity contribution in [2.24, 2.45) is 0 Å². The van der Waals surface area contributed by atoms with Crippen molar-refractivity contribution in [3.8, 4) is 5.75 Å². The lowest BCUT2D eigenvalue weighted by Crippen LogP contribution is -2.20. The molecule has 1 rings (SSSR count). The molecule has 0 aliphatic carbocycles. The molecule has 0 aromatic heterocycles. The fourth-order valence-electron chi connectivity index (χ4n) is 2.13. The quantitative estimate of drug-likeness (QED) is 0.444. The summed E-state index contributed by atoms with van der Waals surface area (Å²) in [6, 6.07) is 7.45. The van der Waals surface area contributed by atoms with Crippen LogP contribution in [0.15, 0.2) is 30.3 Å². The average molecular weight is 395 g/mol. The Morgan fingerprint density at radius 2 is 1.32 bits per heavy atom. The van der Waals surface area contributed by atoms with Crippen molar-refractivity contribution in [3.05, 3.63) is 30.3 Å². The second kappa shape index (κ2) is 11.5. The van der Waals surface area contributed by atoms with E-state index in [1.165, 1.54) is 49.9 Å². The van der Waals surface area contributed by atoms with Crippen LogP contribution in [-0.2, 0) is 28.6 Å². The second-order valence-electron chi connectivity index (χ2n) is 5.58. The summed E-state index contributed by atoms with van der Waals surface area (Å²) in [6.07, 6.45) is 8.23. The molecule has 0 N–H and O–H groups in total. The first-order chi connectivity index (χ1) is 11.8. The van der Waals surface area contributed by atoms with Gasteiger partial charge in [0.15, 0.2) is 0 Å². The predicted molar refractivity (Wildman–Crippen MR) is 94.6 cm³/mol. The van der Waals surface area contributed by atoms with Gasteiger partial charge in [-0.3, -0.25) is 0 Å². The van der Waals surface area contributed by atoms with Crippen LogP contribution in [0.5, 0.6) is 5.75 Å². The van der Waals surface area contributed by atoms with Crippen LogP contribution in [0, 0.1) is 0 Å². The third-order valence-corrected chi connectivity index (χ3v) is 5.52. The number of hydrogen-bond donors (Lipinski definition) is 0. The van der Waals surface area contributed by atoms with Crippen molar-refractivity contribution in [2.45, 2.75) is 58.3 Å². The van der Waals surface area contributed by atoms with Crippen LogP contribution in [0.25, 0.3) is 0 Å². The second-order valence-corrected chi connectivity index (χ2v) is 8.16. The topological polar surface area (TPSA) is 96.0 Å². The van der Waals surface area contributed by atoms with Crippen LogP contribution in [-0.4, -0.2) is 23.4 Å². The first-order valence-electron chi connectivity index (χ1n) is 8.44. The minimum absolute atomic E-state index is 0.0548. The van der Waals surface area contributed by atoms with Gasteiger partial charge in [0.05, 0.1) is 6.61 Å². The predicted octanol–water partition coefficient (Wildman–Crippen LogP) is 3.73. The van der Waals surface area contributed by atoms with E-state index in [0.29, 0.717) is 6.42 Å². The van der Waals surface area contributed by atoms with E-state index in [0.717, 1.165) is 19.3 Å². The third-order valence-electron chi connectivity index (χ3n) is 3.33. The number of benzene rings is 1. The molecule has 0 saturated carbocycles. The molecule has 0 aliphatic rings. The fourth-order valence-corrected chi connectivity index (χ4v) is 3.88. The standard InChI is InChI=1S/C16H26O7S2/c1-2-3-4-5-6-7-8-12-15-21-24(17,18)23-25(19,20)22-16-13-10-9-11-14-16/h9-11,13-14H,2-8,12,15H2,1H3. The molecule has 9 heteroatoms. The van der Waals surface area contributed by atoms with E-state index in [1.807, 2.05) is 0 Å². The maximum Gasteiger partial charge on any atom is 0.465 e. The van der Waals surface area contributed by atoms with Gasteiger partial charge in [-0.15, -0.1) is 0 Å². The summed E-state index contributed by atoms with van der Waals surface area (Å²) in [6.45, 7) is 2.03. The minimum atomic E-state index is -4.77. The molecule has 0 aliphatic heterocycles. The normalized spacial score (nSPS) is 12.2. The SMILES string of the molecule is CCCCCCCCCCOS(=O)(=O)OS(=O)(=O)Oc1ccccc1. The van der Waals surface area contributed by atoms with Crippen LogP contribution in [0.4, 0.5) is 0 Å². The van der Waals surface area contributed by atoms with Gasteiger partial charge in [-0.25, -0.2) is 4.18 Å². The Balaban J connectivity index is 2.24. The Morgan fingerprint density at radius 3 is 1.92 bits per heavy atom. The Labute approximate surface area is 151 Å². The van der Waals surface area contributed by atoms with Crippen LogP contribution in [0.1, 0.15) is 58.3 Å². The largest absolute Gasteiger partial charge is 0.465 e. The Kier molecular flexibility index (Phi) is 10.0. The number of hydrogen-bond acceptors (Lipinski definition) is 7. The molecular weight excluding hydrogens is 368 g/mol. The van der Waals surface area contributed by atoms with Gasteiger partial charge < -0.3 is 4.18 Å². The molecule has 0 heterocycles. The van der Waals surface area contributed by atoms with E-state index in [1.54, 1.807) is 6.07 Å². The smallest absolute Gasteiger partial charge is 0.361 e. The van der Waals surface area contributed by atoms with Gasteiger partial charge in [-0.1, -0.05) is 73.7 Å². The minimum Gasteiger partial charge on any atom is -0.361 e. The van der Waals surface area contributed by atoms with Crippen molar-refractivity contribution >= 4 is 20.8 Å². The summed E-state index contributed by atoms with van der Waals surface area (Å²) >= 11 is 0. The maximum atomic E-state index is 11.6. The summed E-state index contributed by atoms with van der Waals surface area (Å²) < 4.78 is 59.3. The fraction of sp³-hybridized carbons (Fsp3) is 0.625. The zero-order chi connectivity index (χ0) is 18.6. The van der Waals surface area contributed by atoms with Crippen LogP contribution in [0.2, 0.25) is 0 Å². The van der Waals surface area contributed by atoms with Gasteiger partial charge in [-0.05, 0) is 18.6 Å². The van der Waals surface area contributed by atoms with Gasteiger partial charge in [0, 0.05) is 0 Å². The van der Waals surface area contributed by atoms with E-state index in [9.17, 15) is 16.8 Å². The van der Waals surface area contributed by atoms with E-state index in [-0.39, 0.29) is 12.4 Å². The summed E-state index contributed by atoms with van der Waals surface area (Å²) in [5, 5.41) is 0. The van der Waals surface area contributed by atoms with Gasteiger partial charge in [0.2, 0.25) is 0 Å². The molecule has 7 nitrogen and oxygen atoms in total. The van der Waals surface area contributed by atoms with E-state index in [2.05, 4.69) is 18.9 Å². The van der Waals surface area contributed by atoms with Gasteiger partial charge in [0.25, 0.3) is 0 Å².